The van der Waals surface area contributed by atoms with Crippen molar-refractivity contribution in [2.45, 2.75) is 89.1 Å². The van der Waals surface area contributed by atoms with E-state index >= 15 is 0 Å². The first-order valence-electron chi connectivity index (χ1n) is 15.0. The molecule has 2 aromatic rings. The highest BCUT2D eigenvalue weighted by Crippen LogP contribution is 2.38. The molecular weight excluding hydrogens is 538 g/mol. The van der Waals surface area contributed by atoms with E-state index in [9.17, 15) is 14.7 Å². The Balaban J connectivity index is 1.34. The number of nitrogens with zero attached hydrogens (tertiary/aromatic N) is 1. The van der Waals surface area contributed by atoms with Crippen LogP contribution in [0.4, 0.5) is 0 Å². The van der Waals surface area contributed by atoms with Crippen molar-refractivity contribution in [3.63, 3.8) is 0 Å². The molecule has 0 bridgehead atoms. The number of hydroxylamine groups is 1. The summed E-state index contributed by atoms with van der Waals surface area (Å²) in [5.74, 6) is -0.437. The maximum Gasteiger partial charge on any atom is 0.243 e. The van der Waals surface area contributed by atoms with Gasteiger partial charge in [0.25, 0.3) is 0 Å². The van der Waals surface area contributed by atoms with Gasteiger partial charge in [-0.1, -0.05) is 55.0 Å². The topological polar surface area (TPSA) is 130 Å². The summed E-state index contributed by atoms with van der Waals surface area (Å²) in [7, 11) is 1.75. The number of rotatable bonds is 15. The minimum Gasteiger partial charge on any atom is -0.392 e. The third-order valence-corrected chi connectivity index (χ3v) is 8.09. The Morgan fingerprint density at radius 1 is 0.952 bits per heavy atom. The zero-order valence-corrected chi connectivity index (χ0v) is 24.5. The van der Waals surface area contributed by atoms with Gasteiger partial charge in [-0.05, 0) is 48.9 Å². The third kappa shape index (κ3) is 9.58. The van der Waals surface area contributed by atoms with Crippen LogP contribution in [0.15, 0.2) is 48.5 Å². The van der Waals surface area contributed by atoms with E-state index in [2.05, 4.69) is 10.2 Å². The minimum atomic E-state index is -0.522. The minimum absolute atomic E-state index is 0.00826. The molecule has 10 nitrogen and oxygen atoms in total. The second-order valence-corrected chi connectivity index (χ2v) is 11.2. The third-order valence-electron chi connectivity index (χ3n) is 8.09. The molecule has 2 aromatic carbocycles. The second kappa shape index (κ2) is 16.7. The number of hydrogen-bond donors (Lipinski definition) is 4. The van der Waals surface area contributed by atoms with E-state index in [1.807, 2.05) is 48.5 Å². The van der Waals surface area contributed by atoms with Crippen LogP contribution in [0.5, 0.6) is 0 Å². The average molecular weight is 584 g/mol. The molecule has 4 atom stereocenters. The summed E-state index contributed by atoms with van der Waals surface area (Å²) in [5, 5.41) is 20.9. The van der Waals surface area contributed by atoms with Crippen molar-refractivity contribution >= 4 is 11.8 Å². The van der Waals surface area contributed by atoms with Crippen molar-refractivity contribution < 1.29 is 34.1 Å². The van der Waals surface area contributed by atoms with E-state index in [0.717, 1.165) is 67.6 Å². The molecule has 2 aliphatic rings. The number of aliphatic hydroxyl groups is 1. The molecular formula is C32H45N3O7. The van der Waals surface area contributed by atoms with Gasteiger partial charge in [0.1, 0.15) is 0 Å². The van der Waals surface area contributed by atoms with E-state index in [0.29, 0.717) is 31.8 Å². The maximum absolute atomic E-state index is 12.2. The SMILES string of the molecule is COCC1CCCN1CC1CC(c2ccc(CO)cc2)OC(c2ccc(CNC(=O)CCCCCC(=O)NO)cc2)O1. The molecule has 2 saturated heterocycles. The van der Waals surface area contributed by atoms with Crippen molar-refractivity contribution in [3.8, 4) is 0 Å². The second-order valence-electron chi connectivity index (χ2n) is 11.2. The van der Waals surface area contributed by atoms with Gasteiger partial charge in [0.15, 0.2) is 6.29 Å². The number of amides is 2. The first-order valence-corrected chi connectivity index (χ1v) is 15.0. The molecule has 0 radical (unpaired) electrons. The summed E-state index contributed by atoms with van der Waals surface area (Å²) >= 11 is 0. The fraction of sp³-hybridized carbons (Fsp3) is 0.562. The van der Waals surface area contributed by atoms with Gasteiger partial charge in [-0.3, -0.25) is 19.7 Å². The molecule has 4 N–H and O–H groups in total. The van der Waals surface area contributed by atoms with E-state index < -0.39 is 12.2 Å². The zero-order valence-electron chi connectivity index (χ0n) is 24.5. The van der Waals surface area contributed by atoms with Crippen molar-refractivity contribution in [2.24, 2.45) is 0 Å². The van der Waals surface area contributed by atoms with Crippen LogP contribution in [0.25, 0.3) is 0 Å². The summed E-state index contributed by atoms with van der Waals surface area (Å²) in [6.07, 6.45) is 5.08. The van der Waals surface area contributed by atoms with Crippen LogP contribution in [0, 0.1) is 0 Å². The van der Waals surface area contributed by atoms with E-state index in [-0.39, 0.29) is 31.1 Å². The van der Waals surface area contributed by atoms with Crippen molar-refractivity contribution in [3.05, 3.63) is 70.8 Å². The monoisotopic (exact) mass is 583 g/mol. The molecule has 4 rings (SSSR count). The van der Waals surface area contributed by atoms with Crippen molar-refractivity contribution in [2.75, 3.05) is 26.8 Å². The Kier molecular flexibility index (Phi) is 12.7. The van der Waals surface area contributed by atoms with Gasteiger partial charge < -0.3 is 24.6 Å². The van der Waals surface area contributed by atoms with Gasteiger partial charge in [0.2, 0.25) is 11.8 Å². The molecule has 4 unspecified atom stereocenters. The van der Waals surface area contributed by atoms with Crippen LogP contribution in [-0.2, 0) is 37.0 Å². The van der Waals surface area contributed by atoms with Crippen molar-refractivity contribution in [1.82, 2.24) is 15.7 Å². The fourth-order valence-electron chi connectivity index (χ4n) is 5.70. The first-order chi connectivity index (χ1) is 20.5. The van der Waals surface area contributed by atoms with Gasteiger partial charge >= 0.3 is 0 Å². The zero-order chi connectivity index (χ0) is 29.7. The average Bonchev–Trinajstić information content (AvgIpc) is 3.46. The van der Waals surface area contributed by atoms with Crippen LogP contribution in [0.3, 0.4) is 0 Å². The number of likely N-dealkylation sites (tertiary alicyclic amines) is 1. The number of carbonyl (C=O) groups excluding carboxylic acids is 2. The van der Waals surface area contributed by atoms with Crippen LogP contribution < -0.4 is 10.8 Å². The highest BCUT2D eigenvalue weighted by atomic mass is 16.7. The highest BCUT2D eigenvalue weighted by Gasteiger charge is 2.35. The lowest BCUT2D eigenvalue weighted by Gasteiger charge is -2.38. The molecule has 0 aromatic heterocycles. The van der Waals surface area contributed by atoms with E-state index in [4.69, 9.17) is 19.4 Å². The summed E-state index contributed by atoms with van der Waals surface area (Å²) in [6, 6.07) is 16.3. The molecule has 2 amide bonds. The lowest BCUT2D eigenvalue weighted by atomic mass is 9.99. The molecule has 230 valence electrons. The Morgan fingerprint density at radius 3 is 2.33 bits per heavy atom. The Hall–Kier alpha value is -2.86. The van der Waals surface area contributed by atoms with Gasteiger partial charge in [-0.25, -0.2) is 5.48 Å². The number of carbonyl (C=O) groups is 2. The predicted molar refractivity (Wildman–Crippen MR) is 156 cm³/mol. The number of aliphatic hydroxyl groups excluding tert-OH is 1. The first kappa shape index (κ1) is 32.1. The normalized spacial score (nSPS) is 22.6. The van der Waals surface area contributed by atoms with Crippen LogP contribution >= 0.6 is 0 Å². The Labute approximate surface area is 248 Å². The number of nitrogens with one attached hydrogen (secondary N) is 2. The molecule has 2 fully saturated rings. The van der Waals surface area contributed by atoms with Crippen molar-refractivity contribution in [1.29, 1.82) is 0 Å². The molecule has 0 aliphatic carbocycles. The van der Waals surface area contributed by atoms with Gasteiger partial charge in [-0.2, -0.15) is 0 Å². The lowest BCUT2D eigenvalue weighted by molar-refractivity contribution is -0.253. The molecule has 42 heavy (non-hydrogen) atoms. The number of methoxy groups -OCH3 is 1. The quantitative estimate of drug-likeness (QED) is 0.141. The number of hydrogen-bond acceptors (Lipinski definition) is 8. The number of ether oxygens (including phenoxy) is 3. The number of unbranched alkanes of at least 4 members (excludes halogenated alkanes) is 2. The fourth-order valence-corrected chi connectivity index (χ4v) is 5.70. The number of benzene rings is 2. The molecule has 0 saturated carbocycles. The Bertz CT molecular complexity index is 1110. The largest absolute Gasteiger partial charge is 0.392 e. The molecule has 10 heteroatoms. The lowest BCUT2D eigenvalue weighted by Crippen LogP contribution is -2.42. The highest BCUT2D eigenvalue weighted by molar-refractivity contribution is 5.76. The van der Waals surface area contributed by atoms with Gasteiger partial charge in [0, 0.05) is 51.1 Å². The van der Waals surface area contributed by atoms with Crippen LogP contribution in [-0.4, -0.2) is 66.0 Å². The van der Waals surface area contributed by atoms with Crippen LogP contribution in [0.1, 0.15) is 86.0 Å². The standard InChI is InChI=1S/C32H45N3O7/c1-40-22-27-6-5-17-35(27)20-28-18-29(25-13-11-24(21-36)12-14-25)42-32(41-28)26-15-9-23(10-16-26)19-33-30(37)7-3-2-4-8-31(38)34-39/h9-16,27-29,32,36,39H,2-8,17-22H2,1H3,(H,33,37)(H,34,38). The Morgan fingerprint density at radius 2 is 1.64 bits per heavy atom. The summed E-state index contributed by atoms with van der Waals surface area (Å²) in [4.78, 5) is 25.8. The summed E-state index contributed by atoms with van der Waals surface area (Å²) < 4.78 is 18.5. The summed E-state index contributed by atoms with van der Waals surface area (Å²) in [5.41, 5.74) is 5.46. The predicted octanol–water partition coefficient (Wildman–Crippen LogP) is 3.91. The maximum atomic E-state index is 12.2. The van der Waals surface area contributed by atoms with Gasteiger partial charge in [-0.15, -0.1) is 0 Å². The van der Waals surface area contributed by atoms with E-state index in [1.165, 1.54) is 0 Å². The summed E-state index contributed by atoms with van der Waals surface area (Å²) in [6.45, 7) is 3.01. The molecule has 2 aliphatic heterocycles. The van der Waals surface area contributed by atoms with E-state index in [1.54, 1.807) is 12.6 Å². The molecule has 0 spiro atoms. The smallest absolute Gasteiger partial charge is 0.243 e. The van der Waals surface area contributed by atoms with Crippen LogP contribution in [0.2, 0.25) is 0 Å². The van der Waals surface area contributed by atoms with Gasteiger partial charge in [0.05, 0.1) is 25.4 Å². The molecule has 2 heterocycles.